The molecule has 0 radical (unpaired) electrons. The van der Waals surface area contributed by atoms with E-state index in [1.165, 1.54) is 27.3 Å². The normalized spacial score (nSPS) is 21.3. The lowest BCUT2D eigenvalue weighted by Gasteiger charge is -2.36. The van der Waals surface area contributed by atoms with Crippen LogP contribution in [0.1, 0.15) is 83.2 Å². The fourth-order valence-electron chi connectivity index (χ4n) is 9.35. The van der Waals surface area contributed by atoms with Crippen LogP contribution in [0.25, 0.3) is 32.7 Å². The number of likely N-dealkylation sites (N-methyl/N-ethyl adjacent to an activating group) is 1. The number of benzene rings is 1. The summed E-state index contributed by atoms with van der Waals surface area (Å²) in [5, 5.41) is 15.7. The van der Waals surface area contributed by atoms with Gasteiger partial charge in [-0.2, -0.15) is 0 Å². The molecule has 2 fully saturated rings. The van der Waals surface area contributed by atoms with Crippen molar-refractivity contribution < 1.29 is 33.4 Å². The van der Waals surface area contributed by atoms with Crippen LogP contribution in [0.3, 0.4) is 0 Å². The lowest BCUT2D eigenvalue weighted by Crippen LogP contribution is -2.62. The van der Waals surface area contributed by atoms with Gasteiger partial charge in [0.25, 0.3) is 5.91 Å². The van der Waals surface area contributed by atoms with Gasteiger partial charge in [-0.15, -0.1) is 10.2 Å². The van der Waals surface area contributed by atoms with Gasteiger partial charge in [0.2, 0.25) is 17.7 Å². The molecule has 0 saturated carbocycles. The second-order valence-electron chi connectivity index (χ2n) is 18.3. The number of rotatable bonds is 10. The van der Waals surface area contributed by atoms with Crippen LogP contribution in [-0.2, 0) is 52.8 Å². The van der Waals surface area contributed by atoms with Crippen molar-refractivity contribution in [3.05, 3.63) is 65.4 Å². The van der Waals surface area contributed by atoms with Crippen LogP contribution in [0.5, 0.6) is 0 Å². The number of aromatic nitrogens is 4. The number of carbonyl (C=O) groups excluding carboxylic acids is 5. The van der Waals surface area contributed by atoms with E-state index in [1.807, 2.05) is 32.9 Å². The van der Waals surface area contributed by atoms with Gasteiger partial charge in [0, 0.05) is 80.4 Å². The Kier molecular flexibility index (Phi) is 14.0. The summed E-state index contributed by atoms with van der Waals surface area (Å²) in [6.07, 6.45) is 4.78. The molecule has 64 heavy (non-hydrogen) atoms. The van der Waals surface area contributed by atoms with Crippen molar-refractivity contribution in [2.24, 2.45) is 17.3 Å². The molecule has 16 nitrogen and oxygen atoms in total. The number of hydrogen-bond acceptors (Lipinski definition) is 12. The first-order chi connectivity index (χ1) is 30.5. The number of aryl methyl sites for hydroxylation is 1. The molecule has 7 rings (SSSR count). The lowest BCUT2D eigenvalue weighted by atomic mass is 9.84. The first-order valence-corrected chi connectivity index (χ1v) is 23.1. The fraction of sp³-hybridized carbons (Fsp3) is 0.532. The molecular formula is C47H61N9O7S. The number of amides is 4. The van der Waals surface area contributed by atoms with Gasteiger partial charge in [-0.1, -0.05) is 45.6 Å². The number of fused-ring (bicyclic) bond motifs is 6. The van der Waals surface area contributed by atoms with Crippen LogP contribution in [-0.4, -0.2) is 123 Å². The highest BCUT2D eigenvalue weighted by atomic mass is 32.1. The molecule has 1 aromatic carbocycles. The summed E-state index contributed by atoms with van der Waals surface area (Å²) in [6.45, 7) is 17.3. The topological polar surface area (TPSA) is 181 Å². The Morgan fingerprint density at radius 1 is 1.14 bits per heavy atom. The summed E-state index contributed by atoms with van der Waals surface area (Å²) in [5.41, 5.74) is 8.35. The third-order valence-corrected chi connectivity index (χ3v) is 13.7. The number of hydrazine groups is 1. The highest BCUT2D eigenvalue weighted by molar-refractivity contribution is 7.14. The van der Waals surface area contributed by atoms with E-state index in [9.17, 15) is 24.0 Å². The number of likely N-dealkylation sites (tertiary alicyclic amines) is 1. The maximum atomic E-state index is 14.6. The first-order valence-electron chi connectivity index (χ1n) is 22.2. The van der Waals surface area contributed by atoms with Crippen molar-refractivity contribution in [3.8, 4) is 21.8 Å². The standard InChI is InChI=1S/C47H61N9O7S/c1-10-38(57)54-21-18-30(25-54)44(59)53(8)40(27(3)4)42(58)49-35-23-37-50-51-43(64-37)29-16-17-36-32(22-29)33(41(55(36)11-2)31-14-12-19-48-39(31)28(5)62-9)24-47(6,7)26-63-46(61)34-15-13-20-56(52-34)45(35)60/h10,12,14,16-17,19,22,27-28,30,34-35,40,52H,1,11,13,15,18,20-21,23-26H2,2-9H3,(H,49,58)/t28-,30-,34-,35-,40?/m0/s1. The third-order valence-electron chi connectivity index (χ3n) is 12.7. The Labute approximate surface area is 378 Å². The van der Waals surface area contributed by atoms with E-state index >= 15 is 0 Å². The highest BCUT2D eigenvalue weighted by Gasteiger charge is 2.40. The predicted molar refractivity (Wildman–Crippen MR) is 243 cm³/mol. The zero-order valence-corrected chi connectivity index (χ0v) is 39.0. The summed E-state index contributed by atoms with van der Waals surface area (Å²) in [7, 11) is 3.27. The molecule has 3 aliphatic rings. The molecule has 5 atom stereocenters. The molecule has 6 heterocycles. The van der Waals surface area contributed by atoms with Gasteiger partial charge in [0.05, 0.1) is 30.0 Å². The number of cyclic esters (lactones) is 1. The molecule has 17 heteroatoms. The Morgan fingerprint density at radius 2 is 1.92 bits per heavy atom. The van der Waals surface area contributed by atoms with Gasteiger partial charge in [-0.3, -0.25) is 34.0 Å². The molecule has 3 aliphatic heterocycles. The molecule has 0 spiro atoms. The zero-order valence-electron chi connectivity index (χ0n) is 38.2. The summed E-state index contributed by atoms with van der Waals surface area (Å²) in [4.78, 5) is 76.7. The van der Waals surface area contributed by atoms with Gasteiger partial charge in [0.15, 0.2) is 0 Å². The van der Waals surface area contributed by atoms with Gasteiger partial charge in [-0.05, 0) is 87.4 Å². The number of carbonyl (C=O) groups is 5. The highest BCUT2D eigenvalue weighted by Crippen LogP contribution is 2.42. The van der Waals surface area contributed by atoms with E-state index in [-0.39, 0.29) is 43.4 Å². The largest absolute Gasteiger partial charge is 0.464 e. The lowest BCUT2D eigenvalue weighted by molar-refractivity contribution is -0.155. The summed E-state index contributed by atoms with van der Waals surface area (Å²) in [5.74, 6) is -2.73. The summed E-state index contributed by atoms with van der Waals surface area (Å²) < 4.78 is 14.2. The predicted octanol–water partition coefficient (Wildman–Crippen LogP) is 5.12. The van der Waals surface area contributed by atoms with Crippen molar-refractivity contribution in [1.82, 2.24) is 45.3 Å². The van der Waals surface area contributed by atoms with Crippen molar-refractivity contribution in [2.75, 3.05) is 40.4 Å². The molecular weight excluding hydrogens is 835 g/mol. The number of methoxy groups -OCH3 is 1. The van der Waals surface area contributed by atoms with Crippen LogP contribution < -0.4 is 10.7 Å². The number of pyridine rings is 1. The number of nitrogens with one attached hydrogen (secondary N) is 2. The van der Waals surface area contributed by atoms with Crippen LogP contribution in [0.2, 0.25) is 0 Å². The first kappa shape index (κ1) is 46.5. The van der Waals surface area contributed by atoms with Crippen LogP contribution >= 0.6 is 11.3 Å². The van der Waals surface area contributed by atoms with E-state index in [0.29, 0.717) is 55.3 Å². The average Bonchev–Trinajstić information content (AvgIpc) is 4.05. The Hall–Kier alpha value is -5.52. The number of nitrogens with zero attached hydrogens (tertiary/aromatic N) is 7. The minimum absolute atomic E-state index is 0.0127. The molecule has 2 saturated heterocycles. The van der Waals surface area contributed by atoms with E-state index in [1.54, 1.807) is 25.3 Å². The zero-order chi connectivity index (χ0) is 46.0. The van der Waals surface area contributed by atoms with Gasteiger partial charge in [0.1, 0.15) is 28.1 Å². The van der Waals surface area contributed by atoms with Gasteiger partial charge < -0.3 is 29.2 Å². The van der Waals surface area contributed by atoms with Gasteiger partial charge >= 0.3 is 5.97 Å². The smallest absolute Gasteiger partial charge is 0.324 e. The average molecular weight is 896 g/mol. The maximum Gasteiger partial charge on any atom is 0.324 e. The molecule has 4 amide bonds. The van der Waals surface area contributed by atoms with E-state index < -0.39 is 47.2 Å². The second kappa shape index (κ2) is 19.3. The second-order valence-corrected chi connectivity index (χ2v) is 19.3. The third kappa shape index (κ3) is 9.47. The monoisotopic (exact) mass is 895 g/mol. The van der Waals surface area contributed by atoms with Gasteiger partial charge in [-0.25, -0.2) is 5.43 Å². The van der Waals surface area contributed by atoms with E-state index in [4.69, 9.17) is 14.5 Å². The van der Waals surface area contributed by atoms with Crippen molar-refractivity contribution in [1.29, 1.82) is 0 Å². The molecule has 4 aromatic rings. The Bertz CT molecular complexity index is 2430. The molecule has 2 N–H and O–H groups in total. The van der Waals surface area contributed by atoms with Crippen LogP contribution in [0, 0.1) is 17.3 Å². The Balaban J connectivity index is 1.27. The quantitative estimate of drug-likeness (QED) is 0.160. The number of hydrogen-bond donors (Lipinski definition) is 2. The van der Waals surface area contributed by atoms with E-state index in [0.717, 1.165) is 39.0 Å². The van der Waals surface area contributed by atoms with Crippen molar-refractivity contribution >= 4 is 51.8 Å². The minimum Gasteiger partial charge on any atom is -0.464 e. The van der Waals surface area contributed by atoms with Crippen LogP contribution in [0.4, 0.5) is 0 Å². The summed E-state index contributed by atoms with van der Waals surface area (Å²) in [6, 6.07) is 7.43. The van der Waals surface area contributed by atoms with Crippen molar-refractivity contribution in [2.45, 2.75) is 104 Å². The minimum atomic E-state index is -1.12. The molecule has 6 bridgehead atoms. The van der Waals surface area contributed by atoms with Crippen LogP contribution in [0.15, 0.2) is 49.2 Å². The maximum absolute atomic E-state index is 14.6. The molecule has 0 aliphatic carbocycles. The molecule has 3 aromatic heterocycles. The number of ether oxygens (including phenoxy) is 2. The Morgan fingerprint density at radius 3 is 2.64 bits per heavy atom. The molecule has 1 unspecified atom stereocenters. The fourth-order valence-corrected chi connectivity index (χ4v) is 10.2. The van der Waals surface area contributed by atoms with Crippen molar-refractivity contribution in [3.63, 3.8) is 0 Å². The molecule has 342 valence electrons. The van der Waals surface area contributed by atoms with E-state index in [2.05, 4.69) is 71.1 Å². The number of esters is 1. The SMILES string of the molecule is C=CC(=O)N1CC[C@H](C(=O)N(C)C(C(=O)N[C@H]2Cc3nnc(s3)-c3ccc4c(c3)c(c(-c3cccnc3[C@H](C)OC)n4CC)CC(C)(C)COC(=O)[C@@H]3CCCN(N3)C2=O)C(C)C)C1. The summed E-state index contributed by atoms with van der Waals surface area (Å²) >= 11 is 1.34.